The Balaban J connectivity index is 3.63. The number of rotatable bonds is 6. The summed E-state index contributed by atoms with van der Waals surface area (Å²) in [4.78, 5) is 0. The van der Waals surface area contributed by atoms with Gasteiger partial charge in [-0.05, 0) is 27.2 Å². The van der Waals surface area contributed by atoms with Crippen LogP contribution in [0.1, 0.15) is 53.4 Å². The molecule has 0 fully saturated rings. The van der Waals surface area contributed by atoms with Crippen molar-refractivity contribution in [2.75, 3.05) is 6.61 Å². The van der Waals surface area contributed by atoms with Gasteiger partial charge < -0.3 is 10.4 Å². The number of unbranched alkanes of at least 4 members (excludes halogenated alkanes) is 2. The van der Waals surface area contributed by atoms with Crippen molar-refractivity contribution < 1.29 is 5.11 Å². The van der Waals surface area contributed by atoms with Gasteiger partial charge in [0.2, 0.25) is 0 Å². The van der Waals surface area contributed by atoms with Crippen molar-refractivity contribution in [2.45, 2.75) is 65.0 Å². The summed E-state index contributed by atoms with van der Waals surface area (Å²) in [6.45, 7) is 8.85. The van der Waals surface area contributed by atoms with Gasteiger partial charge in [0.25, 0.3) is 0 Å². The first kappa shape index (κ1) is 12.9. The third-order valence-electron chi connectivity index (χ3n) is 2.01. The molecule has 2 nitrogen and oxygen atoms in total. The summed E-state index contributed by atoms with van der Waals surface area (Å²) in [6.07, 6.45) is 4.81. The summed E-state index contributed by atoms with van der Waals surface area (Å²) in [6, 6.07) is 0.270. The Hall–Kier alpha value is -0.0800. The average Bonchev–Trinajstić information content (AvgIpc) is 2.01. The number of nitrogens with one attached hydrogen (secondary N) is 1. The van der Waals surface area contributed by atoms with Gasteiger partial charge in [-0.2, -0.15) is 0 Å². The molecule has 2 N–H and O–H groups in total. The highest BCUT2D eigenvalue weighted by molar-refractivity contribution is 4.77. The van der Waals surface area contributed by atoms with Crippen molar-refractivity contribution in [3.63, 3.8) is 0 Å². The maximum atomic E-state index is 9.13. The zero-order valence-electron chi connectivity index (χ0n) is 9.56. The smallest absolute Gasteiger partial charge is 0.0584 e. The van der Waals surface area contributed by atoms with Crippen LogP contribution in [0.4, 0.5) is 0 Å². The molecule has 80 valence electrons. The number of hydrogen-bond acceptors (Lipinski definition) is 2. The van der Waals surface area contributed by atoms with Gasteiger partial charge in [0.1, 0.15) is 0 Å². The largest absolute Gasteiger partial charge is 0.395 e. The first-order chi connectivity index (χ1) is 5.99. The van der Waals surface area contributed by atoms with E-state index in [2.05, 4.69) is 33.0 Å². The Kier molecular flexibility index (Phi) is 6.35. The van der Waals surface area contributed by atoms with Crippen LogP contribution < -0.4 is 5.32 Å². The molecule has 0 heterocycles. The summed E-state index contributed by atoms with van der Waals surface area (Å²) in [5.41, 5.74) is 0.111. The van der Waals surface area contributed by atoms with E-state index in [1.807, 2.05) is 0 Å². The van der Waals surface area contributed by atoms with Crippen molar-refractivity contribution in [3.8, 4) is 0 Å². The van der Waals surface area contributed by atoms with Crippen LogP contribution in [-0.2, 0) is 0 Å². The first-order valence-corrected chi connectivity index (χ1v) is 5.38. The molecule has 0 saturated carbocycles. The molecular weight excluding hydrogens is 162 g/mol. The van der Waals surface area contributed by atoms with E-state index in [1.54, 1.807) is 0 Å². The number of aliphatic hydroxyl groups is 1. The minimum absolute atomic E-state index is 0.111. The van der Waals surface area contributed by atoms with E-state index in [0.717, 1.165) is 6.42 Å². The van der Waals surface area contributed by atoms with Crippen molar-refractivity contribution in [3.05, 3.63) is 0 Å². The summed E-state index contributed by atoms with van der Waals surface area (Å²) in [7, 11) is 0. The third-order valence-corrected chi connectivity index (χ3v) is 2.01. The van der Waals surface area contributed by atoms with Gasteiger partial charge in [-0.3, -0.25) is 0 Å². The highest BCUT2D eigenvalue weighted by Gasteiger charge is 2.15. The van der Waals surface area contributed by atoms with E-state index in [4.69, 9.17) is 5.11 Å². The van der Waals surface area contributed by atoms with Gasteiger partial charge in [-0.1, -0.05) is 26.2 Å². The molecule has 13 heavy (non-hydrogen) atoms. The Morgan fingerprint density at radius 1 is 1.23 bits per heavy atom. The molecule has 0 radical (unpaired) electrons. The lowest BCUT2D eigenvalue weighted by Gasteiger charge is -2.27. The van der Waals surface area contributed by atoms with Gasteiger partial charge in [0.05, 0.1) is 6.61 Å². The summed E-state index contributed by atoms with van der Waals surface area (Å²) in [5, 5.41) is 12.5. The molecule has 0 aromatic rings. The minimum Gasteiger partial charge on any atom is -0.395 e. The summed E-state index contributed by atoms with van der Waals surface area (Å²) >= 11 is 0. The highest BCUT2D eigenvalue weighted by Crippen LogP contribution is 2.07. The van der Waals surface area contributed by atoms with Crippen molar-refractivity contribution in [1.29, 1.82) is 0 Å². The standard InChI is InChI=1S/C11H25NO/c1-5-6-7-8-10(9-13)12-11(2,3)4/h10,12-13H,5-9H2,1-4H3. The first-order valence-electron chi connectivity index (χ1n) is 5.38. The van der Waals surface area contributed by atoms with Crippen LogP contribution in [0.3, 0.4) is 0 Å². The molecule has 0 saturated heterocycles. The molecular formula is C11H25NO. The fraction of sp³-hybridized carbons (Fsp3) is 1.00. The second kappa shape index (κ2) is 6.39. The minimum atomic E-state index is 0.111. The SMILES string of the molecule is CCCCCC(CO)NC(C)(C)C. The molecule has 0 aliphatic rings. The number of hydrogen-bond donors (Lipinski definition) is 2. The molecule has 0 aromatic carbocycles. The lowest BCUT2D eigenvalue weighted by molar-refractivity contribution is 0.206. The van der Waals surface area contributed by atoms with E-state index >= 15 is 0 Å². The summed E-state index contributed by atoms with van der Waals surface area (Å²) < 4.78 is 0. The van der Waals surface area contributed by atoms with Crippen LogP contribution in [0.15, 0.2) is 0 Å². The van der Waals surface area contributed by atoms with Crippen molar-refractivity contribution in [2.24, 2.45) is 0 Å². The molecule has 2 heteroatoms. The Morgan fingerprint density at radius 3 is 2.23 bits per heavy atom. The van der Waals surface area contributed by atoms with Crippen LogP contribution in [0.25, 0.3) is 0 Å². The van der Waals surface area contributed by atoms with Gasteiger partial charge in [0, 0.05) is 11.6 Å². The molecule has 0 aliphatic carbocycles. The molecule has 0 aromatic heterocycles. The van der Waals surface area contributed by atoms with Gasteiger partial charge in [-0.15, -0.1) is 0 Å². The van der Waals surface area contributed by atoms with E-state index in [1.165, 1.54) is 19.3 Å². The third kappa shape index (κ3) is 8.26. The van der Waals surface area contributed by atoms with Crippen LogP contribution >= 0.6 is 0 Å². The quantitative estimate of drug-likeness (QED) is 0.625. The second-order valence-corrected chi connectivity index (χ2v) is 4.77. The molecule has 0 amide bonds. The molecule has 0 rings (SSSR count). The monoisotopic (exact) mass is 187 g/mol. The Morgan fingerprint density at radius 2 is 1.85 bits per heavy atom. The molecule has 1 unspecified atom stereocenters. The lowest BCUT2D eigenvalue weighted by Crippen LogP contribution is -2.45. The molecule has 0 bridgehead atoms. The zero-order valence-corrected chi connectivity index (χ0v) is 9.56. The number of aliphatic hydroxyl groups excluding tert-OH is 1. The predicted octanol–water partition coefficient (Wildman–Crippen LogP) is 2.32. The Labute approximate surface area is 82.7 Å². The maximum Gasteiger partial charge on any atom is 0.0584 e. The van der Waals surface area contributed by atoms with E-state index in [9.17, 15) is 0 Å². The van der Waals surface area contributed by atoms with Gasteiger partial charge in [0.15, 0.2) is 0 Å². The normalized spacial score (nSPS) is 14.5. The van der Waals surface area contributed by atoms with E-state index in [-0.39, 0.29) is 18.2 Å². The van der Waals surface area contributed by atoms with Crippen LogP contribution in [0.2, 0.25) is 0 Å². The van der Waals surface area contributed by atoms with Crippen molar-refractivity contribution >= 4 is 0 Å². The molecule has 0 aliphatic heterocycles. The highest BCUT2D eigenvalue weighted by atomic mass is 16.3. The molecule has 0 spiro atoms. The van der Waals surface area contributed by atoms with Gasteiger partial charge >= 0.3 is 0 Å². The maximum absolute atomic E-state index is 9.13. The Bertz CT molecular complexity index is 118. The fourth-order valence-electron chi connectivity index (χ4n) is 1.46. The van der Waals surface area contributed by atoms with Crippen LogP contribution in [0, 0.1) is 0 Å². The average molecular weight is 187 g/mol. The van der Waals surface area contributed by atoms with Crippen molar-refractivity contribution in [1.82, 2.24) is 5.32 Å². The van der Waals surface area contributed by atoms with E-state index < -0.39 is 0 Å². The summed E-state index contributed by atoms with van der Waals surface area (Å²) in [5.74, 6) is 0. The molecule has 1 atom stereocenters. The van der Waals surface area contributed by atoms with E-state index in [0.29, 0.717) is 0 Å². The topological polar surface area (TPSA) is 32.3 Å². The predicted molar refractivity (Wildman–Crippen MR) is 57.9 cm³/mol. The van der Waals surface area contributed by atoms with Gasteiger partial charge in [-0.25, -0.2) is 0 Å². The van der Waals surface area contributed by atoms with Crippen LogP contribution in [0.5, 0.6) is 0 Å². The second-order valence-electron chi connectivity index (χ2n) is 4.77. The lowest BCUT2D eigenvalue weighted by atomic mass is 10.0. The zero-order chi connectivity index (χ0) is 10.3. The van der Waals surface area contributed by atoms with Crippen LogP contribution in [-0.4, -0.2) is 23.3 Å². The fourth-order valence-corrected chi connectivity index (χ4v) is 1.46.